The van der Waals surface area contributed by atoms with Crippen LogP contribution in [0.5, 0.6) is 0 Å². The lowest BCUT2D eigenvalue weighted by molar-refractivity contribution is 0.665. The number of hydrogen-bond donors (Lipinski definition) is 1. The monoisotopic (exact) mass is 335 g/mol. The number of nitrogens with zero attached hydrogens (tertiary/aromatic N) is 2. The van der Waals surface area contributed by atoms with Crippen molar-refractivity contribution in [2.75, 3.05) is 0 Å². The maximum absolute atomic E-state index is 4.46. The standard InChI is InChI=1S/C23H17N3/c1-23(2)17-6-4-3-5-14(17)19-15-11-24-9-7-13(15)20-16-12-25-10-8-18(16)26-22(20)21(19)23/h3-12,26H,1-2H3. The molecule has 0 saturated carbocycles. The summed E-state index contributed by atoms with van der Waals surface area (Å²) in [7, 11) is 0. The Kier molecular flexibility index (Phi) is 2.42. The highest BCUT2D eigenvalue weighted by Crippen LogP contribution is 2.54. The summed E-state index contributed by atoms with van der Waals surface area (Å²) in [5, 5.41) is 4.89. The fraction of sp³-hybridized carbons (Fsp3) is 0.130. The molecule has 0 radical (unpaired) electrons. The summed E-state index contributed by atoms with van der Waals surface area (Å²) in [4.78, 5) is 12.5. The predicted molar refractivity (Wildman–Crippen MR) is 106 cm³/mol. The van der Waals surface area contributed by atoms with Gasteiger partial charge >= 0.3 is 0 Å². The van der Waals surface area contributed by atoms with Gasteiger partial charge < -0.3 is 4.98 Å². The minimum atomic E-state index is -0.0670. The van der Waals surface area contributed by atoms with E-state index in [1.54, 1.807) is 0 Å². The molecule has 3 heterocycles. The molecule has 3 aromatic heterocycles. The summed E-state index contributed by atoms with van der Waals surface area (Å²) < 4.78 is 0. The lowest BCUT2D eigenvalue weighted by Gasteiger charge is -2.22. The number of H-pyrrole nitrogens is 1. The summed E-state index contributed by atoms with van der Waals surface area (Å²) in [5.74, 6) is 0. The van der Waals surface area contributed by atoms with Crippen LogP contribution in [0.15, 0.2) is 61.2 Å². The topological polar surface area (TPSA) is 41.6 Å². The molecule has 3 heteroatoms. The number of rotatable bonds is 0. The third-order valence-corrected chi connectivity index (χ3v) is 5.95. The Bertz CT molecular complexity index is 1360. The van der Waals surface area contributed by atoms with Gasteiger partial charge in [-0.2, -0.15) is 0 Å². The number of aromatic nitrogens is 3. The van der Waals surface area contributed by atoms with Crippen LogP contribution < -0.4 is 0 Å². The van der Waals surface area contributed by atoms with Gasteiger partial charge in [0.05, 0.1) is 5.52 Å². The predicted octanol–water partition coefficient (Wildman–Crippen LogP) is 5.57. The Morgan fingerprint density at radius 3 is 2.50 bits per heavy atom. The molecule has 0 unspecified atom stereocenters. The third-order valence-electron chi connectivity index (χ3n) is 5.95. The van der Waals surface area contributed by atoms with E-state index in [1.165, 1.54) is 49.3 Å². The molecule has 0 bridgehead atoms. The van der Waals surface area contributed by atoms with Gasteiger partial charge in [-0.3, -0.25) is 9.97 Å². The zero-order chi connectivity index (χ0) is 17.5. The summed E-state index contributed by atoms with van der Waals surface area (Å²) in [6.07, 6.45) is 7.72. The van der Waals surface area contributed by atoms with Crippen LogP contribution in [0.3, 0.4) is 0 Å². The number of fused-ring (bicyclic) bond motifs is 10. The van der Waals surface area contributed by atoms with Gasteiger partial charge in [0.1, 0.15) is 0 Å². The van der Waals surface area contributed by atoms with Gasteiger partial charge in [-0.1, -0.05) is 38.1 Å². The van der Waals surface area contributed by atoms with E-state index in [9.17, 15) is 0 Å². The van der Waals surface area contributed by atoms with Crippen LogP contribution in [0, 0.1) is 0 Å². The lowest BCUT2D eigenvalue weighted by Crippen LogP contribution is -2.15. The highest BCUT2D eigenvalue weighted by atomic mass is 14.7. The Hall–Kier alpha value is -3.20. The van der Waals surface area contributed by atoms with Crippen molar-refractivity contribution < 1.29 is 0 Å². The second-order valence-corrected chi connectivity index (χ2v) is 7.64. The maximum atomic E-state index is 4.46. The van der Waals surface area contributed by atoms with E-state index >= 15 is 0 Å². The van der Waals surface area contributed by atoms with Crippen molar-refractivity contribution in [2.24, 2.45) is 0 Å². The highest BCUT2D eigenvalue weighted by Gasteiger charge is 2.39. The number of nitrogens with one attached hydrogen (secondary N) is 1. The molecule has 5 aromatic rings. The van der Waals surface area contributed by atoms with Crippen molar-refractivity contribution in [3.63, 3.8) is 0 Å². The average molecular weight is 335 g/mol. The van der Waals surface area contributed by atoms with Crippen molar-refractivity contribution in [1.29, 1.82) is 0 Å². The molecule has 1 aliphatic carbocycles. The van der Waals surface area contributed by atoms with Gasteiger partial charge in [-0.05, 0) is 39.8 Å². The van der Waals surface area contributed by atoms with Crippen LogP contribution in [-0.4, -0.2) is 15.0 Å². The molecular formula is C23H17N3. The summed E-state index contributed by atoms with van der Waals surface area (Å²) >= 11 is 0. The van der Waals surface area contributed by atoms with Gasteiger partial charge in [0.2, 0.25) is 0 Å². The minimum Gasteiger partial charge on any atom is -0.354 e. The van der Waals surface area contributed by atoms with Crippen LogP contribution in [0.1, 0.15) is 25.0 Å². The molecule has 26 heavy (non-hydrogen) atoms. The molecule has 0 spiro atoms. The summed E-state index contributed by atoms with van der Waals surface area (Å²) in [6, 6.07) is 13.0. The molecule has 124 valence electrons. The number of aromatic amines is 1. The molecule has 0 aliphatic heterocycles. The number of pyridine rings is 2. The fourth-order valence-electron chi connectivity index (χ4n) is 4.86. The van der Waals surface area contributed by atoms with Gasteiger partial charge in [-0.25, -0.2) is 0 Å². The van der Waals surface area contributed by atoms with Crippen LogP contribution in [0.25, 0.3) is 43.7 Å². The average Bonchev–Trinajstić information content (AvgIpc) is 3.16. The SMILES string of the molecule is CC1(C)c2ccccc2-c2c1c1[nH]c3ccncc3c1c1ccncc21. The van der Waals surface area contributed by atoms with E-state index in [4.69, 9.17) is 0 Å². The zero-order valence-electron chi connectivity index (χ0n) is 14.7. The summed E-state index contributed by atoms with van der Waals surface area (Å²) in [5.41, 5.74) is 7.68. The second kappa shape index (κ2) is 4.50. The van der Waals surface area contributed by atoms with Crippen molar-refractivity contribution in [2.45, 2.75) is 19.3 Å². The molecule has 0 fully saturated rings. The van der Waals surface area contributed by atoms with E-state index in [0.717, 1.165) is 5.52 Å². The Balaban J connectivity index is 1.98. The summed E-state index contributed by atoms with van der Waals surface area (Å²) in [6.45, 7) is 4.64. The van der Waals surface area contributed by atoms with Crippen LogP contribution in [-0.2, 0) is 5.41 Å². The first kappa shape index (κ1) is 14.0. The molecule has 0 saturated heterocycles. The zero-order valence-corrected chi connectivity index (χ0v) is 14.7. The number of hydrogen-bond acceptors (Lipinski definition) is 2. The van der Waals surface area contributed by atoms with Gasteiger partial charge in [0.15, 0.2) is 0 Å². The second-order valence-electron chi connectivity index (χ2n) is 7.64. The molecule has 2 aromatic carbocycles. The van der Waals surface area contributed by atoms with Crippen LogP contribution in [0.2, 0.25) is 0 Å². The van der Waals surface area contributed by atoms with Crippen LogP contribution in [0.4, 0.5) is 0 Å². The molecule has 1 aliphatic rings. The lowest BCUT2D eigenvalue weighted by atomic mass is 9.81. The highest BCUT2D eigenvalue weighted by molar-refractivity contribution is 6.25. The van der Waals surface area contributed by atoms with Crippen molar-refractivity contribution >= 4 is 32.6 Å². The van der Waals surface area contributed by atoms with Crippen molar-refractivity contribution in [3.05, 3.63) is 72.3 Å². The van der Waals surface area contributed by atoms with Gasteiger partial charge in [0, 0.05) is 51.9 Å². The van der Waals surface area contributed by atoms with Crippen LogP contribution >= 0.6 is 0 Å². The minimum absolute atomic E-state index is 0.0670. The quantitative estimate of drug-likeness (QED) is 0.402. The molecule has 1 N–H and O–H groups in total. The largest absolute Gasteiger partial charge is 0.354 e. The Morgan fingerprint density at radius 2 is 1.62 bits per heavy atom. The first-order valence-electron chi connectivity index (χ1n) is 8.93. The molecule has 0 amide bonds. The van der Waals surface area contributed by atoms with E-state index in [-0.39, 0.29) is 5.41 Å². The Morgan fingerprint density at radius 1 is 0.846 bits per heavy atom. The third kappa shape index (κ3) is 1.50. The maximum Gasteiger partial charge on any atom is 0.0519 e. The molecule has 0 atom stereocenters. The van der Waals surface area contributed by atoms with E-state index < -0.39 is 0 Å². The smallest absolute Gasteiger partial charge is 0.0519 e. The molecule has 6 rings (SSSR count). The number of benzene rings is 2. The van der Waals surface area contributed by atoms with E-state index in [2.05, 4.69) is 65.2 Å². The van der Waals surface area contributed by atoms with Crippen molar-refractivity contribution in [1.82, 2.24) is 15.0 Å². The Labute approximate surface area is 150 Å². The first-order valence-corrected chi connectivity index (χ1v) is 8.93. The van der Waals surface area contributed by atoms with E-state index in [0.29, 0.717) is 0 Å². The first-order chi connectivity index (χ1) is 12.7. The fourth-order valence-corrected chi connectivity index (χ4v) is 4.86. The van der Waals surface area contributed by atoms with E-state index in [1.807, 2.05) is 24.8 Å². The van der Waals surface area contributed by atoms with Crippen molar-refractivity contribution in [3.8, 4) is 11.1 Å². The van der Waals surface area contributed by atoms with Gasteiger partial charge in [0.25, 0.3) is 0 Å². The molecular weight excluding hydrogens is 318 g/mol. The molecule has 3 nitrogen and oxygen atoms in total. The normalized spacial score (nSPS) is 14.8. The van der Waals surface area contributed by atoms with Gasteiger partial charge in [-0.15, -0.1) is 0 Å².